The largest absolute Gasteiger partial charge is 0.294 e. The first-order chi connectivity index (χ1) is 21.8. The molecule has 44 heavy (non-hydrogen) atoms. The Balaban J connectivity index is 1.36. The summed E-state index contributed by atoms with van der Waals surface area (Å²) >= 11 is 0. The van der Waals surface area contributed by atoms with E-state index in [1.807, 2.05) is 18.3 Å². The zero-order valence-electron chi connectivity index (χ0n) is 23.7. The van der Waals surface area contributed by atoms with Crippen LogP contribution in [0.1, 0.15) is 0 Å². The molecule has 4 aromatic heterocycles. The topological polar surface area (TPSA) is 48.5 Å². The lowest BCUT2D eigenvalue weighted by Crippen LogP contribution is -2.05. The van der Waals surface area contributed by atoms with Gasteiger partial charge in [-0.2, -0.15) is 0 Å². The predicted molar refractivity (Wildman–Crippen MR) is 179 cm³/mol. The average Bonchev–Trinajstić information content (AvgIpc) is 3.62. The van der Waals surface area contributed by atoms with Crippen molar-refractivity contribution in [1.82, 2.24) is 24.1 Å². The average molecular weight is 564 g/mol. The Bertz CT molecular complexity index is 2400. The number of para-hydroxylation sites is 4. The Labute approximate surface area is 253 Å². The van der Waals surface area contributed by atoms with E-state index >= 15 is 0 Å². The Morgan fingerprint density at radius 2 is 1.02 bits per heavy atom. The number of pyridine rings is 1. The number of rotatable bonds is 4. The van der Waals surface area contributed by atoms with E-state index in [2.05, 4.69) is 143 Å². The molecule has 0 radical (unpaired) electrons. The molecule has 5 heteroatoms. The van der Waals surface area contributed by atoms with Gasteiger partial charge in [-0.1, -0.05) is 97.1 Å². The summed E-state index contributed by atoms with van der Waals surface area (Å²) in [5.41, 5.74) is 8.03. The monoisotopic (exact) mass is 563 g/mol. The molecule has 9 aromatic rings. The van der Waals surface area contributed by atoms with Gasteiger partial charge in [-0.3, -0.25) is 9.13 Å². The summed E-state index contributed by atoms with van der Waals surface area (Å²) in [4.78, 5) is 15.4. The van der Waals surface area contributed by atoms with Gasteiger partial charge in [0.25, 0.3) is 0 Å². The van der Waals surface area contributed by atoms with Crippen LogP contribution in [-0.2, 0) is 0 Å². The molecule has 206 valence electrons. The molecule has 0 aliphatic rings. The Kier molecular flexibility index (Phi) is 5.43. The third-order valence-corrected chi connectivity index (χ3v) is 8.41. The van der Waals surface area contributed by atoms with Crippen LogP contribution < -0.4 is 0 Å². The van der Waals surface area contributed by atoms with Crippen molar-refractivity contribution < 1.29 is 0 Å². The molecule has 0 fully saturated rings. The van der Waals surface area contributed by atoms with E-state index in [-0.39, 0.29) is 0 Å². The number of benzene rings is 5. The van der Waals surface area contributed by atoms with Gasteiger partial charge in [0, 0.05) is 44.9 Å². The van der Waals surface area contributed by atoms with Crippen LogP contribution in [0.15, 0.2) is 152 Å². The van der Waals surface area contributed by atoms with E-state index in [1.54, 1.807) is 0 Å². The molecular formula is C39H25N5. The molecule has 5 aromatic carbocycles. The van der Waals surface area contributed by atoms with Crippen LogP contribution in [0.5, 0.6) is 0 Å². The van der Waals surface area contributed by atoms with Crippen LogP contribution in [-0.4, -0.2) is 24.1 Å². The van der Waals surface area contributed by atoms with Crippen LogP contribution >= 0.6 is 0 Å². The van der Waals surface area contributed by atoms with Crippen LogP contribution in [0.25, 0.3) is 77.9 Å². The van der Waals surface area contributed by atoms with Crippen molar-refractivity contribution in [1.29, 1.82) is 0 Å². The van der Waals surface area contributed by atoms with Crippen molar-refractivity contribution in [3.63, 3.8) is 0 Å². The molecule has 0 aliphatic carbocycles. The SMILES string of the molecule is c1ccc(-c2cc(-n3c4ccccc4c4ccccc43)nc(-c3ccccc3-n3c4ccccc4c4cccnc43)n2)cc1. The number of nitrogens with zero attached hydrogens (tertiary/aromatic N) is 5. The van der Waals surface area contributed by atoms with Crippen LogP contribution in [0.4, 0.5) is 0 Å². The molecule has 9 rings (SSSR count). The maximum Gasteiger partial charge on any atom is 0.164 e. The normalized spacial score (nSPS) is 11.6. The van der Waals surface area contributed by atoms with Gasteiger partial charge in [0.1, 0.15) is 11.5 Å². The third kappa shape index (κ3) is 3.69. The van der Waals surface area contributed by atoms with Crippen molar-refractivity contribution in [2.75, 3.05) is 0 Å². The van der Waals surface area contributed by atoms with E-state index in [0.717, 1.165) is 61.3 Å². The Morgan fingerprint density at radius 1 is 0.455 bits per heavy atom. The van der Waals surface area contributed by atoms with Crippen molar-refractivity contribution >= 4 is 43.7 Å². The first-order valence-electron chi connectivity index (χ1n) is 14.7. The van der Waals surface area contributed by atoms with Gasteiger partial charge >= 0.3 is 0 Å². The second-order valence-electron chi connectivity index (χ2n) is 10.9. The van der Waals surface area contributed by atoms with E-state index in [0.29, 0.717) is 5.82 Å². The number of hydrogen-bond donors (Lipinski definition) is 0. The van der Waals surface area contributed by atoms with Crippen molar-refractivity contribution in [3.8, 4) is 34.2 Å². The summed E-state index contributed by atoms with van der Waals surface area (Å²) in [7, 11) is 0. The van der Waals surface area contributed by atoms with Gasteiger partial charge in [-0.25, -0.2) is 15.0 Å². The molecule has 0 N–H and O–H groups in total. The lowest BCUT2D eigenvalue weighted by atomic mass is 10.1. The lowest BCUT2D eigenvalue weighted by Gasteiger charge is -2.15. The van der Waals surface area contributed by atoms with E-state index < -0.39 is 0 Å². The summed E-state index contributed by atoms with van der Waals surface area (Å²) in [5, 5.41) is 4.67. The van der Waals surface area contributed by atoms with Crippen LogP contribution in [0.2, 0.25) is 0 Å². The minimum atomic E-state index is 0.653. The predicted octanol–water partition coefficient (Wildman–Crippen LogP) is 9.40. The number of fused-ring (bicyclic) bond motifs is 6. The zero-order valence-corrected chi connectivity index (χ0v) is 23.7. The summed E-state index contributed by atoms with van der Waals surface area (Å²) < 4.78 is 4.49. The number of hydrogen-bond acceptors (Lipinski definition) is 3. The first kappa shape index (κ1) is 24.5. The summed E-state index contributed by atoms with van der Waals surface area (Å²) in [5.74, 6) is 1.47. The van der Waals surface area contributed by atoms with Gasteiger partial charge in [-0.15, -0.1) is 0 Å². The van der Waals surface area contributed by atoms with E-state index in [4.69, 9.17) is 15.0 Å². The van der Waals surface area contributed by atoms with Gasteiger partial charge in [0.15, 0.2) is 5.82 Å². The molecule has 0 spiro atoms. The smallest absolute Gasteiger partial charge is 0.164 e. The second kappa shape index (κ2) is 9.75. The summed E-state index contributed by atoms with van der Waals surface area (Å²) in [6.07, 6.45) is 1.85. The quantitative estimate of drug-likeness (QED) is 0.214. The molecule has 0 amide bonds. The molecule has 0 bridgehead atoms. The minimum Gasteiger partial charge on any atom is -0.294 e. The molecule has 0 unspecified atom stereocenters. The summed E-state index contributed by atoms with van der Waals surface area (Å²) in [6.45, 7) is 0. The van der Waals surface area contributed by atoms with Crippen molar-refractivity contribution in [2.24, 2.45) is 0 Å². The van der Waals surface area contributed by atoms with Crippen LogP contribution in [0.3, 0.4) is 0 Å². The molecule has 4 heterocycles. The van der Waals surface area contributed by atoms with Crippen LogP contribution in [0, 0.1) is 0 Å². The molecule has 0 saturated carbocycles. The Morgan fingerprint density at radius 3 is 1.75 bits per heavy atom. The second-order valence-corrected chi connectivity index (χ2v) is 10.9. The van der Waals surface area contributed by atoms with E-state index in [1.165, 1.54) is 10.8 Å². The summed E-state index contributed by atoms with van der Waals surface area (Å²) in [6, 6.07) is 50.4. The third-order valence-electron chi connectivity index (χ3n) is 8.41. The fourth-order valence-electron chi connectivity index (χ4n) is 6.49. The van der Waals surface area contributed by atoms with Gasteiger partial charge in [0.05, 0.1) is 27.9 Å². The molecule has 0 atom stereocenters. The minimum absolute atomic E-state index is 0.653. The lowest BCUT2D eigenvalue weighted by molar-refractivity contribution is 1.04. The first-order valence-corrected chi connectivity index (χ1v) is 14.7. The zero-order chi connectivity index (χ0) is 29.0. The highest BCUT2D eigenvalue weighted by Gasteiger charge is 2.20. The fourth-order valence-corrected chi connectivity index (χ4v) is 6.49. The van der Waals surface area contributed by atoms with Gasteiger partial charge in [-0.05, 0) is 42.5 Å². The van der Waals surface area contributed by atoms with Crippen molar-refractivity contribution in [2.45, 2.75) is 0 Å². The molecule has 0 saturated heterocycles. The highest BCUT2D eigenvalue weighted by atomic mass is 15.1. The highest BCUT2D eigenvalue weighted by Crippen LogP contribution is 2.37. The molecular weight excluding hydrogens is 538 g/mol. The van der Waals surface area contributed by atoms with E-state index in [9.17, 15) is 0 Å². The fraction of sp³-hybridized carbons (Fsp3) is 0. The maximum absolute atomic E-state index is 5.32. The highest BCUT2D eigenvalue weighted by molar-refractivity contribution is 6.09. The van der Waals surface area contributed by atoms with Crippen molar-refractivity contribution in [3.05, 3.63) is 152 Å². The standard InChI is InChI=1S/C39H25N5/c1-2-13-26(14-3-1)32-25-37(43-33-20-8-4-15-27(33)28-16-5-9-21-34(28)43)42-38(41-32)31-18-7-11-23-36(31)44-35-22-10-6-17-29(35)30-19-12-24-40-39(30)44/h1-25H. The maximum atomic E-state index is 5.32. The molecule has 5 nitrogen and oxygen atoms in total. The Hall–Kier alpha value is -6.07. The number of aromatic nitrogens is 5. The van der Waals surface area contributed by atoms with Gasteiger partial charge < -0.3 is 0 Å². The van der Waals surface area contributed by atoms with Gasteiger partial charge in [0.2, 0.25) is 0 Å². The molecule has 0 aliphatic heterocycles.